The van der Waals surface area contributed by atoms with Crippen LogP contribution in [0.1, 0.15) is 11.4 Å². The van der Waals surface area contributed by atoms with Gasteiger partial charge in [0, 0.05) is 49.4 Å². The number of hydrogen-bond donors (Lipinski definition) is 0. The van der Waals surface area contributed by atoms with Crippen molar-refractivity contribution in [3.8, 4) is 5.69 Å². The molecule has 0 amide bonds. The molecule has 1 spiro atoms. The van der Waals surface area contributed by atoms with Gasteiger partial charge in [-0.25, -0.2) is 9.97 Å². The van der Waals surface area contributed by atoms with Crippen molar-refractivity contribution in [3.63, 3.8) is 0 Å². The SMILES string of the molecule is CN1Cc2cc(Cl)ccc2-n2c(nnc2N2CC3(CN(c4ccncn4)C3)C2)C1. The molecule has 3 aliphatic rings. The second kappa shape index (κ2) is 6.14. The maximum absolute atomic E-state index is 6.26. The van der Waals surface area contributed by atoms with E-state index in [0.29, 0.717) is 5.41 Å². The zero-order chi connectivity index (χ0) is 19.6. The Kier molecular flexibility index (Phi) is 3.64. The van der Waals surface area contributed by atoms with E-state index in [0.717, 1.165) is 67.6 Å². The normalized spacial score (nSPS) is 19.9. The fourth-order valence-electron chi connectivity index (χ4n) is 4.85. The molecule has 3 aromatic rings. The van der Waals surface area contributed by atoms with E-state index in [-0.39, 0.29) is 0 Å². The molecule has 0 unspecified atom stereocenters. The maximum atomic E-state index is 6.26. The first-order chi connectivity index (χ1) is 14.1. The minimum atomic E-state index is 0.321. The van der Waals surface area contributed by atoms with E-state index < -0.39 is 0 Å². The van der Waals surface area contributed by atoms with E-state index in [4.69, 9.17) is 11.6 Å². The molecule has 2 aromatic heterocycles. The fourth-order valence-corrected chi connectivity index (χ4v) is 5.04. The fraction of sp³-hybridized carbons (Fsp3) is 0.400. The molecule has 6 rings (SSSR count). The van der Waals surface area contributed by atoms with Crippen LogP contribution in [0.25, 0.3) is 5.69 Å². The number of nitrogens with zero attached hydrogens (tertiary/aromatic N) is 8. The molecule has 8 nitrogen and oxygen atoms in total. The summed E-state index contributed by atoms with van der Waals surface area (Å²) in [5.74, 6) is 2.92. The van der Waals surface area contributed by atoms with Gasteiger partial charge in [0.05, 0.1) is 12.2 Å². The van der Waals surface area contributed by atoms with Gasteiger partial charge in [-0.15, -0.1) is 10.2 Å². The minimum absolute atomic E-state index is 0.321. The van der Waals surface area contributed by atoms with Crippen molar-refractivity contribution in [1.82, 2.24) is 29.6 Å². The van der Waals surface area contributed by atoms with Crippen molar-refractivity contribution >= 4 is 23.4 Å². The summed E-state index contributed by atoms with van der Waals surface area (Å²) in [6.45, 7) is 5.64. The molecular weight excluding hydrogens is 388 g/mol. The highest BCUT2D eigenvalue weighted by molar-refractivity contribution is 6.30. The number of aromatic nitrogens is 5. The Morgan fingerprint density at radius 2 is 1.83 bits per heavy atom. The molecule has 0 saturated carbocycles. The molecule has 1 aromatic carbocycles. The van der Waals surface area contributed by atoms with Crippen molar-refractivity contribution in [2.24, 2.45) is 5.41 Å². The number of benzene rings is 1. The van der Waals surface area contributed by atoms with Crippen LogP contribution in [0, 0.1) is 5.41 Å². The van der Waals surface area contributed by atoms with E-state index >= 15 is 0 Å². The molecule has 148 valence electrons. The minimum Gasteiger partial charge on any atom is -0.355 e. The van der Waals surface area contributed by atoms with Crippen LogP contribution in [0.3, 0.4) is 0 Å². The van der Waals surface area contributed by atoms with Crippen molar-refractivity contribution < 1.29 is 0 Å². The van der Waals surface area contributed by atoms with Gasteiger partial charge >= 0.3 is 0 Å². The van der Waals surface area contributed by atoms with Crippen LogP contribution in [0.5, 0.6) is 0 Å². The Morgan fingerprint density at radius 3 is 2.62 bits per heavy atom. The molecule has 0 bridgehead atoms. The molecule has 2 saturated heterocycles. The van der Waals surface area contributed by atoms with Crippen LogP contribution in [0.2, 0.25) is 5.02 Å². The van der Waals surface area contributed by atoms with E-state index in [2.05, 4.69) is 58.6 Å². The molecule has 3 aliphatic heterocycles. The highest BCUT2D eigenvalue weighted by atomic mass is 35.5. The Morgan fingerprint density at radius 1 is 1.00 bits per heavy atom. The first-order valence-electron chi connectivity index (χ1n) is 9.78. The van der Waals surface area contributed by atoms with Gasteiger partial charge in [-0.05, 0) is 36.9 Å². The first-order valence-corrected chi connectivity index (χ1v) is 10.2. The van der Waals surface area contributed by atoms with Crippen LogP contribution in [0.15, 0.2) is 36.8 Å². The molecule has 0 aliphatic carbocycles. The quantitative estimate of drug-likeness (QED) is 0.642. The zero-order valence-corrected chi connectivity index (χ0v) is 16.9. The lowest BCUT2D eigenvalue weighted by molar-refractivity contribution is 0.153. The largest absolute Gasteiger partial charge is 0.355 e. The van der Waals surface area contributed by atoms with Crippen molar-refractivity contribution in [1.29, 1.82) is 0 Å². The van der Waals surface area contributed by atoms with Gasteiger partial charge in [-0.3, -0.25) is 9.47 Å². The van der Waals surface area contributed by atoms with Crippen molar-refractivity contribution in [3.05, 3.63) is 53.2 Å². The smallest absolute Gasteiger partial charge is 0.231 e. The predicted molar refractivity (Wildman–Crippen MR) is 110 cm³/mol. The monoisotopic (exact) mass is 408 g/mol. The summed E-state index contributed by atoms with van der Waals surface area (Å²) < 4.78 is 2.21. The summed E-state index contributed by atoms with van der Waals surface area (Å²) in [5.41, 5.74) is 2.65. The topological polar surface area (TPSA) is 66.2 Å². The third kappa shape index (κ3) is 2.70. The van der Waals surface area contributed by atoms with Crippen molar-refractivity contribution in [2.75, 3.05) is 43.0 Å². The number of fused-ring (bicyclic) bond motifs is 3. The number of rotatable bonds is 2. The molecule has 0 atom stereocenters. The van der Waals surface area contributed by atoms with Crippen LogP contribution in [-0.4, -0.2) is 62.9 Å². The van der Waals surface area contributed by atoms with Crippen LogP contribution >= 0.6 is 11.6 Å². The van der Waals surface area contributed by atoms with Gasteiger partial charge in [-0.1, -0.05) is 11.6 Å². The Hall–Kier alpha value is -2.71. The maximum Gasteiger partial charge on any atom is 0.231 e. The zero-order valence-electron chi connectivity index (χ0n) is 16.2. The highest BCUT2D eigenvalue weighted by Gasteiger charge is 2.53. The van der Waals surface area contributed by atoms with Crippen LogP contribution in [-0.2, 0) is 13.1 Å². The van der Waals surface area contributed by atoms with Crippen LogP contribution < -0.4 is 9.80 Å². The van der Waals surface area contributed by atoms with Gasteiger partial charge < -0.3 is 9.80 Å². The number of hydrogen-bond acceptors (Lipinski definition) is 7. The van der Waals surface area contributed by atoms with Gasteiger partial charge in [0.15, 0.2) is 5.82 Å². The van der Waals surface area contributed by atoms with Crippen LogP contribution in [0.4, 0.5) is 11.8 Å². The number of anilines is 2. The Bertz CT molecular complexity index is 1070. The van der Waals surface area contributed by atoms with E-state index in [9.17, 15) is 0 Å². The van der Waals surface area contributed by atoms with Crippen molar-refractivity contribution in [2.45, 2.75) is 13.1 Å². The lowest BCUT2D eigenvalue weighted by Crippen LogP contribution is -2.73. The third-order valence-corrected chi connectivity index (χ3v) is 6.36. The molecular formula is C20H21ClN8. The summed E-state index contributed by atoms with van der Waals surface area (Å²) in [4.78, 5) is 15.3. The van der Waals surface area contributed by atoms with Gasteiger partial charge in [0.2, 0.25) is 5.95 Å². The second-order valence-electron chi connectivity index (χ2n) is 8.48. The Labute approximate surface area is 173 Å². The van der Waals surface area contributed by atoms with Gasteiger partial charge in [-0.2, -0.15) is 0 Å². The standard InChI is InChI=1S/C20H21ClN8/c1-26-7-14-6-15(21)2-3-16(14)29-18(8-26)24-25-19(29)28-11-20(12-28)9-27(10-20)17-4-5-22-13-23-17/h2-6,13H,7-12H2,1H3. The summed E-state index contributed by atoms with van der Waals surface area (Å²) in [6, 6.07) is 8.06. The first kappa shape index (κ1) is 17.2. The molecule has 29 heavy (non-hydrogen) atoms. The summed E-state index contributed by atoms with van der Waals surface area (Å²) in [5, 5.41) is 9.84. The molecule has 9 heteroatoms. The van der Waals surface area contributed by atoms with Gasteiger partial charge in [0.25, 0.3) is 0 Å². The summed E-state index contributed by atoms with van der Waals surface area (Å²) in [7, 11) is 2.10. The van der Waals surface area contributed by atoms with E-state index in [1.165, 1.54) is 5.56 Å². The average Bonchev–Trinajstić information content (AvgIpc) is 2.97. The molecule has 0 radical (unpaired) electrons. The summed E-state index contributed by atoms with van der Waals surface area (Å²) >= 11 is 6.26. The lowest BCUT2D eigenvalue weighted by Gasteiger charge is -2.60. The highest BCUT2D eigenvalue weighted by Crippen LogP contribution is 2.43. The third-order valence-electron chi connectivity index (χ3n) is 6.13. The summed E-state index contributed by atoms with van der Waals surface area (Å²) in [6.07, 6.45) is 3.41. The predicted octanol–water partition coefficient (Wildman–Crippen LogP) is 1.98. The Balaban J connectivity index is 1.25. The molecule has 5 heterocycles. The van der Waals surface area contributed by atoms with Gasteiger partial charge in [0.1, 0.15) is 12.1 Å². The lowest BCUT2D eigenvalue weighted by atomic mass is 9.73. The van der Waals surface area contributed by atoms with E-state index in [1.54, 1.807) is 12.5 Å². The second-order valence-corrected chi connectivity index (χ2v) is 8.91. The number of halogens is 1. The average molecular weight is 409 g/mol. The molecule has 2 fully saturated rings. The molecule has 0 N–H and O–H groups in total. The van der Waals surface area contributed by atoms with E-state index in [1.807, 2.05) is 12.1 Å².